The third-order valence-electron chi connectivity index (χ3n) is 4.92. The van der Waals surface area contributed by atoms with Crippen LogP contribution < -0.4 is 0 Å². The molecule has 1 aromatic carbocycles. The number of hydrogen-bond donors (Lipinski definition) is 0. The van der Waals surface area contributed by atoms with E-state index in [1.165, 1.54) is 19.3 Å². The number of ether oxygens (including phenoxy) is 2. The Morgan fingerprint density at radius 3 is 2.00 bits per heavy atom. The van der Waals surface area contributed by atoms with Gasteiger partial charge in [-0.2, -0.15) is 0 Å². The summed E-state index contributed by atoms with van der Waals surface area (Å²) in [6.07, 6.45) is 12.5. The molecule has 0 spiro atoms. The first-order valence-electron chi connectivity index (χ1n) is 11.3. The van der Waals surface area contributed by atoms with Gasteiger partial charge in [-0.05, 0) is 37.5 Å². The maximum absolute atomic E-state index is 11.8. The normalized spacial score (nSPS) is 10.8. The highest BCUT2D eigenvalue weighted by Crippen LogP contribution is 2.21. The molecule has 0 fully saturated rings. The molecule has 0 unspecified atom stereocenters. The molecule has 170 valence electrons. The Morgan fingerprint density at radius 1 is 0.767 bits per heavy atom. The minimum absolute atomic E-state index is 0.0759. The molecule has 0 saturated carbocycles. The molecule has 0 aliphatic heterocycles. The van der Waals surface area contributed by atoms with Gasteiger partial charge in [0, 0.05) is 28.5 Å². The van der Waals surface area contributed by atoms with E-state index >= 15 is 0 Å². The molecule has 1 rings (SSSR count). The van der Waals surface area contributed by atoms with Crippen molar-refractivity contribution in [2.75, 3.05) is 6.61 Å². The number of benzene rings is 1. The van der Waals surface area contributed by atoms with Crippen molar-refractivity contribution in [2.24, 2.45) is 0 Å². The standard InChI is InChI=1S/C24H36Cl2O4/c1-2-3-4-9-12-17-29-23(27)13-10-7-5-6-8-11-14-24(28)30-19-20-18-21(25)15-16-22(20)26/h15-16,18H,2-14,17,19H2,1H3. The molecule has 0 aromatic heterocycles. The van der Waals surface area contributed by atoms with Crippen LogP contribution in [0.1, 0.15) is 96.0 Å². The van der Waals surface area contributed by atoms with Gasteiger partial charge >= 0.3 is 11.9 Å². The summed E-state index contributed by atoms with van der Waals surface area (Å²) in [5.41, 5.74) is 0.715. The molecule has 0 N–H and O–H groups in total. The van der Waals surface area contributed by atoms with Crippen LogP contribution in [0.25, 0.3) is 0 Å². The van der Waals surface area contributed by atoms with Crippen LogP contribution in [-0.4, -0.2) is 18.5 Å². The molecule has 0 amide bonds. The third kappa shape index (κ3) is 13.9. The van der Waals surface area contributed by atoms with Gasteiger partial charge in [-0.1, -0.05) is 81.5 Å². The summed E-state index contributed by atoms with van der Waals surface area (Å²) >= 11 is 12.0. The maximum Gasteiger partial charge on any atom is 0.306 e. The van der Waals surface area contributed by atoms with E-state index < -0.39 is 0 Å². The predicted molar refractivity (Wildman–Crippen MR) is 123 cm³/mol. The summed E-state index contributed by atoms with van der Waals surface area (Å²) in [6, 6.07) is 5.11. The minimum Gasteiger partial charge on any atom is -0.466 e. The monoisotopic (exact) mass is 458 g/mol. The first-order valence-corrected chi connectivity index (χ1v) is 12.0. The molecule has 0 heterocycles. The fraction of sp³-hybridized carbons (Fsp3) is 0.667. The number of rotatable bonds is 17. The van der Waals surface area contributed by atoms with Gasteiger partial charge in [0.15, 0.2) is 0 Å². The summed E-state index contributed by atoms with van der Waals surface area (Å²) in [6.45, 7) is 2.89. The lowest BCUT2D eigenvalue weighted by atomic mass is 10.1. The van der Waals surface area contributed by atoms with Crippen molar-refractivity contribution in [1.82, 2.24) is 0 Å². The predicted octanol–water partition coefficient (Wildman–Crippen LogP) is 7.67. The maximum atomic E-state index is 11.8. The van der Waals surface area contributed by atoms with Crippen LogP contribution in [0, 0.1) is 0 Å². The van der Waals surface area contributed by atoms with Crippen molar-refractivity contribution in [1.29, 1.82) is 0 Å². The smallest absolute Gasteiger partial charge is 0.306 e. The number of esters is 2. The fourth-order valence-electron chi connectivity index (χ4n) is 3.09. The topological polar surface area (TPSA) is 52.6 Å². The van der Waals surface area contributed by atoms with Crippen molar-refractivity contribution in [3.05, 3.63) is 33.8 Å². The molecule has 6 heteroatoms. The van der Waals surface area contributed by atoms with Crippen molar-refractivity contribution in [3.8, 4) is 0 Å². The number of carbonyl (C=O) groups is 2. The largest absolute Gasteiger partial charge is 0.466 e. The Morgan fingerprint density at radius 2 is 1.33 bits per heavy atom. The highest BCUT2D eigenvalue weighted by Gasteiger charge is 2.07. The van der Waals surface area contributed by atoms with E-state index in [9.17, 15) is 9.59 Å². The first-order chi connectivity index (χ1) is 14.5. The van der Waals surface area contributed by atoms with Crippen LogP contribution in [0.5, 0.6) is 0 Å². The highest BCUT2D eigenvalue weighted by molar-refractivity contribution is 6.33. The molecule has 0 aliphatic carbocycles. The van der Waals surface area contributed by atoms with Gasteiger partial charge in [-0.25, -0.2) is 0 Å². The Hall–Kier alpha value is -1.26. The fourth-order valence-corrected chi connectivity index (χ4v) is 3.46. The Labute approximate surface area is 191 Å². The quantitative estimate of drug-likeness (QED) is 0.177. The second-order valence-electron chi connectivity index (χ2n) is 7.65. The second-order valence-corrected chi connectivity index (χ2v) is 8.50. The molecule has 0 saturated heterocycles. The molecular weight excluding hydrogens is 423 g/mol. The number of carbonyl (C=O) groups excluding carboxylic acids is 2. The Kier molecular flexibility index (Phi) is 15.6. The van der Waals surface area contributed by atoms with Gasteiger partial charge in [-0.3, -0.25) is 9.59 Å². The SMILES string of the molecule is CCCCCCCOC(=O)CCCCCCCCC(=O)OCc1cc(Cl)ccc1Cl. The highest BCUT2D eigenvalue weighted by atomic mass is 35.5. The van der Waals surface area contributed by atoms with Crippen molar-refractivity contribution in [3.63, 3.8) is 0 Å². The van der Waals surface area contributed by atoms with Gasteiger partial charge in [-0.15, -0.1) is 0 Å². The molecule has 0 atom stereocenters. The summed E-state index contributed by atoms with van der Waals surface area (Å²) in [5.74, 6) is -0.295. The van der Waals surface area contributed by atoms with Gasteiger partial charge < -0.3 is 9.47 Å². The van der Waals surface area contributed by atoms with Gasteiger partial charge in [0.05, 0.1) is 6.61 Å². The van der Waals surface area contributed by atoms with E-state index in [0.717, 1.165) is 51.4 Å². The van der Waals surface area contributed by atoms with Gasteiger partial charge in [0.25, 0.3) is 0 Å². The van der Waals surface area contributed by atoms with E-state index in [-0.39, 0.29) is 18.5 Å². The summed E-state index contributed by atoms with van der Waals surface area (Å²) in [7, 11) is 0. The lowest BCUT2D eigenvalue weighted by Gasteiger charge is -2.07. The Balaban J connectivity index is 1.92. The lowest BCUT2D eigenvalue weighted by molar-refractivity contribution is -0.145. The van der Waals surface area contributed by atoms with E-state index in [1.54, 1.807) is 18.2 Å². The molecule has 0 bridgehead atoms. The zero-order valence-corrected chi connectivity index (χ0v) is 19.7. The summed E-state index contributed by atoms with van der Waals surface area (Å²) in [4.78, 5) is 23.5. The van der Waals surface area contributed by atoms with E-state index in [1.807, 2.05) is 0 Å². The van der Waals surface area contributed by atoms with Crippen LogP contribution in [0.2, 0.25) is 10.0 Å². The Bertz CT molecular complexity index is 619. The summed E-state index contributed by atoms with van der Waals surface area (Å²) in [5, 5.41) is 1.11. The van der Waals surface area contributed by atoms with E-state index in [2.05, 4.69) is 6.92 Å². The van der Waals surface area contributed by atoms with Crippen LogP contribution in [-0.2, 0) is 25.7 Å². The van der Waals surface area contributed by atoms with Crippen LogP contribution in [0.4, 0.5) is 0 Å². The van der Waals surface area contributed by atoms with Crippen LogP contribution in [0.15, 0.2) is 18.2 Å². The van der Waals surface area contributed by atoms with Crippen molar-refractivity contribution < 1.29 is 19.1 Å². The molecule has 0 radical (unpaired) electrons. The number of halogens is 2. The number of hydrogen-bond acceptors (Lipinski definition) is 4. The second kappa shape index (κ2) is 17.4. The van der Waals surface area contributed by atoms with Crippen LogP contribution >= 0.6 is 23.2 Å². The average Bonchev–Trinajstić information content (AvgIpc) is 2.73. The molecule has 0 aliphatic rings. The van der Waals surface area contributed by atoms with Gasteiger partial charge in [0.1, 0.15) is 6.61 Å². The average molecular weight is 459 g/mol. The molecule has 1 aromatic rings. The van der Waals surface area contributed by atoms with Crippen molar-refractivity contribution in [2.45, 2.75) is 97.0 Å². The zero-order chi connectivity index (χ0) is 22.0. The zero-order valence-electron chi connectivity index (χ0n) is 18.2. The summed E-state index contributed by atoms with van der Waals surface area (Å²) < 4.78 is 10.5. The molecule has 4 nitrogen and oxygen atoms in total. The molecule has 30 heavy (non-hydrogen) atoms. The third-order valence-corrected chi connectivity index (χ3v) is 5.52. The lowest BCUT2D eigenvalue weighted by Crippen LogP contribution is -2.05. The minimum atomic E-state index is -0.219. The molecular formula is C24H36Cl2O4. The van der Waals surface area contributed by atoms with Crippen LogP contribution in [0.3, 0.4) is 0 Å². The van der Waals surface area contributed by atoms with E-state index in [0.29, 0.717) is 35.1 Å². The van der Waals surface area contributed by atoms with Crippen molar-refractivity contribution >= 4 is 35.1 Å². The van der Waals surface area contributed by atoms with Gasteiger partial charge in [0.2, 0.25) is 0 Å². The first kappa shape index (κ1) is 26.8. The number of unbranched alkanes of at least 4 members (excludes halogenated alkanes) is 9. The van der Waals surface area contributed by atoms with E-state index in [4.69, 9.17) is 32.7 Å².